The number of pyridine rings is 1. The number of rotatable bonds is 12. The van der Waals surface area contributed by atoms with E-state index in [-0.39, 0.29) is 19.6 Å². The number of carbonyl (C=O) groups is 1. The molecule has 0 radical (unpaired) electrons. The highest BCUT2D eigenvalue weighted by molar-refractivity contribution is 5.73. The molecule has 2 atom stereocenters. The number of alkyl halides is 3. The molecule has 1 saturated heterocycles. The van der Waals surface area contributed by atoms with Crippen molar-refractivity contribution in [1.82, 2.24) is 10.3 Å². The van der Waals surface area contributed by atoms with E-state index in [1.807, 2.05) is 0 Å². The SMILES string of the molecule is O=C(O)[C@H](CCCCCCCc1ccc2c(n1)CCCC2)N[C@@H](C1CCOCC1)C(F)(F)F. The van der Waals surface area contributed by atoms with E-state index in [0.29, 0.717) is 19.3 Å². The second-order valence-electron chi connectivity index (χ2n) is 9.45. The molecule has 5 nitrogen and oxygen atoms in total. The van der Waals surface area contributed by atoms with Crippen LogP contribution in [0.5, 0.6) is 0 Å². The number of fused-ring (bicyclic) bond motifs is 1. The third-order valence-corrected chi connectivity index (χ3v) is 6.93. The van der Waals surface area contributed by atoms with Crippen molar-refractivity contribution in [2.45, 2.75) is 102 Å². The third-order valence-electron chi connectivity index (χ3n) is 6.93. The fourth-order valence-corrected chi connectivity index (χ4v) is 4.99. The molecule has 1 aliphatic carbocycles. The number of unbranched alkanes of at least 4 members (excludes halogenated alkanes) is 4. The number of carboxylic acids is 1. The Bertz CT molecular complexity index is 751. The first-order valence-corrected chi connectivity index (χ1v) is 12.5. The number of hydrogen-bond donors (Lipinski definition) is 2. The number of halogens is 3. The minimum atomic E-state index is -4.47. The smallest absolute Gasteiger partial charge is 0.404 e. The molecule has 0 bridgehead atoms. The summed E-state index contributed by atoms with van der Waals surface area (Å²) in [7, 11) is 0. The number of aryl methyl sites for hydroxylation is 3. The van der Waals surface area contributed by atoms with Gasteiger partial charge in [0, 0.05) is 24.6 Å². The number of aromatic nitrogens is 1. The molecule has 8 heteroatoms. The molecule has 2 aliphatic rings. The highest BCUT2D eigenvalue weighted by Gasteiger charge is 2.46. The Morgan fingerprint density at radius 3 is 2.52 bits per heavy atom. The lowest BCUT2D eigenvalue weighted by molar-refractivity contribution is -0.178. The summed E-state index contributed by atoms with van der Waals surface area (Å²) in [5.41, 5.74) is 3.78. The van der Waals surface area contributed by atoms with Gasteiger partial charge in [0.1, 0.15) is 12.1 Å². The van der Waals surface area contributed by atoms with Gasteiger partial charge < -0.3 is 9.84 Å². The Hall–Kier alpha value is -1.67. The second-order valence-corrected chi connectivity index (χ2v) is 9.45. The number of ether oxygens (including phenoxy) is 1. The number of aliphatic carboxylic acids is 1. The van der Waals surface area contributed by atoms with Gasteiger partial charge in [-0.05, 0) is 75.3 Å². The maximum atomic E-state index is 13.6. The molecule has 2 N–H and O–H groups in total. The fourth-order valence-electron chi connectivity index (χ4n) is 4.99. The van der Waals surface area contributed by atoms with Crippen LogP contribution in [0.1, 0.15) is 81.2 Å². The van der Waals surface area contributed by atoms with Crippen molar-refractivity contribution >= 4 is 5.97 Å². The largest absolute Gasteiger partial charge is 0.480 e. The van der Waals surface area contributed by atoms with Crippen molar-refractivity contribution < 1.29 is 27.8 Å². The van der Waals surface area contributed by atoms with Crippen LogP contribution in [0.15, 0.2) is 12.1 Å². The molecule has 33 heavy (non-hydrogen) atoms. The molecule has 186 valence electrons. The van der Waals surface area contributed by atoms with Gasteiger partial charge in [-0.15, -0.1) is 0 Å². The van der Waals surface area contributed by atoms with E-state index < -0.39 is 30.1 Å². The second kappa shape index (κ2) is 12.7. The van der Waals surface area contributed by atoms with Crippen LogP contribution in [0.4, 0.5) is 13.2 Å². The topological polar surface area (TPSA) is 71.5 Å². The first-order valence-electron chi connectivity index (χ1n) is 12.5. The van der Waals surface area contributed by atoms with E-state index in [1.54, 1.807) is 0 Å². The number of carboxylic acid groups (broad SMARTS) is 1. The zero-order valence-electron chi connectivity index (χ0n) is 19.3. The molecule has 1 fully saturated rings. The number of hydrogen-bond acceptors (Lipinski definition) is 4. The molecule has 3 rings (SSSR count). The maximum Gasteiger partial charge on any atom is 0.404 e. The zero-order chi connectivity index (χ0) is 23.7. The lowest BCUT2D eigenvalue weighted by Gasteiger charge is -2.34. The monoisotopic (exact) mass is 470 g/mol. The summed E-state index contributed by atoms with van der Waals surface area (Å²) in [6.45, 7) is 0.579. The molecule has 1 aliphatic heterocycles. The molecular formula is C25H37F3N2O3. The van der Waals surface area contributed by atoms with Gasteiger partial charge in [-0.3, -0.25) is 15.1 Å². The van der Waals surface area contributed by atoms with Gasteiger partial charge in [0.15, 0.2) is 0 Å². The molecular weight excluding hydrogens is 433 g/mol. The summed E-state index contributed by atoms with van der Waals surface area (Å²) in [4.78, 5) is 16.4. The van der Waals surface area contributed by atoms with Crippen molar-refractivity contribution in [3.63, 3.8) is 0 Å². The van der Waals surface area contributed by atoms with Crippen LogP contribution in [0.3, 0.4) is 0 Å². The Morgan fingerprint density at radius 1 is 1.09 bits per heavy atom. The quantitative estimate of drug-likeness (QED) is 0.409. The zero-order valence-corrected chi connectivity index (χ0v) is 19.3. The lowest BCUT2D eigenvalue weighted by atomic mass is 9.90. The molecule has 1 aromatic rings. The van der Waals surface area contributed by atoms with Gasteiger partial charge in [0.2, 0.25) is 0 Å². The van der Waals surface area contributed by atoms with Gasteiger partial charge in [-0.25, -0.2) is 0 Å². The first kappa shape index (κ1) is 25.9. The molecule has 2 heterocycles. The summed E-state index contributed by atoms with van der Waals surface area (Å²) >= 11 is 0. The standard InChI is InChI=1S/C25H37F3N2O3/c26-25(27,28)23(19-14-16-33-17-15-19)30-22(24(31)32)11-5-3-1-2-4-9-20-13-12-18-8-6-7-10-21(18)29-20/h12-13,19,22-23,30H,1-11,14-17H2,(H,31,32)/t22-,23-/m0/s1. The molecule has 0 unspecified atom stereocenters. The Balaban J connectivity index is 1.36. The Kier molecular flexibility index (Phi) is 9.98. The van der Waals surface area contributed by atoms with Gasteiger partial charge >= 0.3 is 12.1 Å². The predicted molar refractivity (Wildman–Crippen MR) is 120 cm³/mol. The van der Waals surface area contributed by atoms with Crippen molar-refractivity contribution in [3.05, 3.63) is 29.1 Å². The van der Waals surface area contributed by atoms with E-state index >= 15 is 0 Å². The lowest BCUT2D eigenvalue weighted by Crippen LogP contribution is -2.54. The minimum Gasteiger partial charge on any atom is -0.480 e. The van der Waals surface area contributed by atoms with E-state index in [0.717, 1.165) is 50.6 Å². The number of nitrogens with one attached hydrogen (secondary N) is 1. The summed E-state index contributed by atoms with van der Waals surface area (Å²) in [6.07, 6.45) is 6.32. The normalized spacial score (nSPS) is 19.1. The number of nitrogens with zero attached hydrogens (tertiary/aromatic N) is 1. The first-order chi connectivity index (χ1) is 15.8. The van der Waals surface area contributed by atoms with Crippen molar-refractivity contribution in [2.75, 3.05) is 13.2 Å². The summed E-state index contributed by atoms with van der Waals surface area (Å²) in [5, 5.41) is 11.9. The van der Waals surface area contributed by atoms with Crippen LogP contribution >= 0.6 is 0 Å². The van der Waals surface area contributed by atoms with Crippen LogP contribution in [0.25, 0.3) is 0 Å². The van der Waals surface area contributed by atoms with Gasteiger partial charge in [0.25, 0.3) is 0 Å². The average Bonchev–Trinajstić information content (AvgIpc) is 2.79. The predicted octanol–water partition coefficient (Wildman–Crippen LogP) is 5.24. The van der Waals surface area contributed by atoms with Crippen LogP contribution < -0.4 is 5.32 Å². The summed E-state index contributed by atoms with van der Waals surface area (Å²) in [6, 6.07) is 1.36. The van der Waals surface area contributed by atoms with Crippen LogP contribution in [-0.2, 0) is 28.8 Å². The van der Waals surface area contributed by atoms with Crippen molar-refractivity contribution in [1.29, 1.82) is 0 Å². The van der Waals surface area contributed by atoms with Crippen molar-refractivity contribution in [3.8, 4) is 0 Å². The van der Waals surface area contributed by atoms with Crippen LogP contribution in [0, 0.1) is 5.92 Å². The highest BCUT2D eigenvalue weighted by Crippen LogP contribution is 2.32. The molecule has 0 amide bonds. The van der Waals surface area contributed by atoms with Gasteiger partial charge in [-0.1, -0.05) is 31.7 Å². The Morgan fingerprint density at radius 2 is 1.79 bits per heavy atom. The van der Waals surface area contributed by atoms with Crippen molar-refractivity contribution in [2.24, 2.45) is 5.92 Å². The summed E-state index contributed by atoms with van der Waals surface area (Å²) < 4.78 is 45.9. The fraction of sp³-hybridized carbons (Fsp3) is 0.760. The van der Waals surface area contributed by atoms with Gasteiger partial charge in [0.05, 0.1) is 0 Å². The molecule has 1 aromatic heterocycles. The molecule has 0 spiro atoms. The van der Waals surface area contributed by atoms with E-state index in [2.05, 4.69) is 17.4 Å². The van der Waals surface area contributed by atoms with Crippen LogP contribution in [-0.4, -0.2) is 47.5 Å². The summed E-state index contributed by atoms with van der Waals surface area (Å²) in [5.74, 6) is -1.85. The van der Waals surface area contributed by atoms with E-state index in [1.165, 1.54) is 24.1 Å². The van der Waals surface area contributed by atoms with Crippen LogP contribution in [0.2, 0.25) is 0 Å². The highest BCUT2D eigenvalue weighted by atomic mass is 19.4. The molecule has 0 saturated carbocycles. The van der Waals surface area contributed by atoms with E-state index in [9.17, 15) is 23.1 Å². The van der Waals surface area contributed by atoms with E-state index in [4.69, 9.17) is 9.72 Å². The maximum absolute atomic E-state index is 13.6. The van der Waals surface area contributed by atoms with Gasteiger partial charge in [-0.2, -0.15) is 13.2 Å². The average molecular weight is 471 g/mol. The molecule has 0 aromatic carbocycles. The minimum absolute atomic E-state index is 0.206. The third kappa shape index (κ3) is 8.25. The Labute approximate surface area is 194 Å².